The zero-order chi connectivity index (χ0) is 15.3. The molecule has 1 heterocycles. The summed E-state index contributed by atoms with van der Waals surface area (Å²) in [6.45, 7) is 10.2. The van der Waals surface area contributed by atoms with Gasteiger partial charge in [0.25, 0.3) is 5.56 Å². The fourth-order valence-corrected chi connectivity index (χ4v) is 4.66. The molecule has 2 aliphatic rings. The maximum atomic E-state index is 11.8. The van der Waals surface area contributed by atoms with E-state index in [1.807, 2.05) is 16.8 Å². The Balaban J connectivity index is 1.82. The predicted octanol–water partition coefficient (Wildman–Crippen LogP) is 3.89. The quantitative estimate of drug-likeness (QED) is 0.912. The molecule has 0 saturated heterocycles. The molecule has 0 radical (unpaired) electrons. The highest BCUT2D eigenvalue weighted by Gasteiger charge is 2.61. The lowest BCUT2D eigenvalue weighted by molar-refractivity contribution is 0.142. The van der Waals surface area contributed by atoms with Crippen molar-refractivity contribution in [1.82, 2.24) is 4.57 Å². The van der Waals surface area contributed by atoms with E-state index in [-0.39, 0.29) is 5.56 Å². The second-order valence-corrected chi connectivity index (χ2v) is 7.76. The number of hydrogen-bond acceptors (Lipinski definition) is 2. The van der Waals surface area contributed by atoms with E-state index >= 15 is 0 Å². The highest BCUT2D eigenvalue weighted by Crippen LogP contribution is 2.65. The van der Waals surface area contributed by atoms with E-state index in [0.717, 1.165) is 24.6 Å². The van der Waals surface area contributed by atoms with Gasteiger partial charge in [0, 0.05) is 24.8 Å². The third-order valence-electron chi connectivity index (χ3n) is 6.58. The Hall–Kier alpha value is -1.25. The van der Waals surface area contributed by atoms with E-state index < -0.39 is 0 Å². The first-order valence-corrected chi connectivity index (χ1v) is 8.35. The van der Waals surface area contributed by atoms with Crippen molar-refractivity contribution in [2.24, 2.45) is 16.7 Å². The van der Waals surface area contributed by atoms with Crippen LogP contribution in [0.4, 0.5) is 5.69 Å². The minimum Gasteiger partial charge on any atom is -0.381 e. The van der Waals surface area contributed by atoms with Crippen LogP contribution in [0.15, 0.2) is 23.1 Å². The molecule has 2 saturated carbocycles. The maximum Gasteiger partial charge on any atom is 0.250 e. The zero-order valence-electron chi connectivity index (χ0n) is 13.8. The van der Waals surface area contributed by atoms with E-state index in [1.165, 1.54) is 19.3 Å². The van der Waals surface area contributed by atoms with Crippen LogP contribution >= 0.6 is 0 Å². The second kappa shape index (κ2) is 4.89. The fourth-order valence-electron chi connectivity index (χ4n) is 4.66. The summed E-state index contributed by atoms with van der Waals surface area (Å²) in [7, 11) is 0. The number of nitrogens with zero attached hydrogens (tertiary/aromatic N) is 1. The van der Waals surface area contributed by atoms with Gasteiger partial charge in [-0.25, -0.2) is 0 Å². The van der Waals surface area contributed by atoms with Crippen LogP contribution in [0.2, 0.25) is 0 Å². The average Bonchev–Trinajstić information content (AvgIpc) is 2.76. The van der Waals surface area contributed by atoms with Gasteiger partial charge in [0.1, 0.15) is 0 Å². The minimum atomic E-state index is 0.0990. The molecule has 0 aromatic carbocycles. The summed E-state index contributed by atoms with van der Waals surface area (Å²) < 4.78 is 1.82. The van der Waals surface area contributed by atoms with Crippen LogP contribution in [0, 0.1) is 16.7 Å². The summed E-state index contributed by atoms with van der Waals surface area (Å²) in [5.41, 5.74) is 1.98. The fraction of sp³-hybridized carbons (Fsp3) is 0.722. The van der Waals surface area contributed by atoms with E-state index in [4.69, 9.17) is 0 Å². The molecule has 116 valence electrons. The van der Waals surface area contributed by atoms with Gasteiger partial charge in [-0.15, -0.1) is 0 Å². The SMILES string of the molecule is CCCn1cc(NC2CC3CCC2(C)C3(C)C)ccc1=O. The van der Waals surface area contributed by atoms with Crippen molar-refractivity contribution in [3.05, 3.63) is 28.7 Å². The Morgan fingerprint density at radius 2 is 2.10 bits per heavy atom. The standard InChI is InChI=1S/C18H28N2O/c1-5-10-20-12-14(6-7-16(20)21)19-15-11-13-8-9-18(15,4)17(13,2)3/h6-7,12-13,15,19H,5,8-11H2,1-4H3. The van der Waals surface area contributed by atoms with Crippen molar-refractivity contribution >= 4 is 5.69 Å². The first kappa shape index (κ1) is 14.7. The van der Waals surface area contributed by atoms with Crippen LogP contribution < -0.4 is 10.9 Å². The van der Waals surface area contributed by atoms with Crippen LogP contribution in [-0.2, 0) is 6.54 Å². The van der Waals surface area contributed by atoms with Crippen molar-refractivity contribution in [3.8, 4) is 0 Å². The molecule has 0 aliphatic heterocycles. The van der Waals surface area contributed by atoms with Crippen LogP contribution in [0.5, 0.6) is 0 Å². The molecule has 21 heavy (non-hydrogen) atoms. The molecular formula is C18H28N2O. The monoisotopic (exact) mass is 288 g/mol. The topological polar surface area (TPSA) is 34.0 Å². The van der Waals surface area contributed by atoms with Gasteiger partial charge in [0.05, 0.1) is 5.69 Å². The maximum absolute atomic E-state index is 11.8. The molecular weight excluding hydrogens is 260 g/mol. The molecule has 2 aliphatic carbocycles. The predicted molar refractivity (Wildman–Crippen MR) is 87.6 cm³/mol. The molecule has 3 nitrogen and oxygen atoms in total. The Bertz CT molecular complexity index is 589. The van der Waals surface area contributed by atoms with Gasteiger partial charge in [-0.2, -0.15) is 0 Å². The number of pyridine rings is 1. The third-order valence-corrected chi connectivity index (χ3v) is 6.58. The van der Waals surface area contributed by atoms with Gasteiger partial charge in [0.2, 0.25) is 0 Å². The second-order valence-electron chi connectivity index (χ2n) is 7.76. The number of anilines is 1. The smallest absolute Gasteiger partial charge is 0.250 e. The molecule has 2 fully saturated rings. The van der Waals surface area contributed by atoms with E-state index in [1.54, 1.807) is 6.07 Å². The molecule has 3 rings (SSSR count). The van der Waals surface area contributed by atoms with Crippen molar-refractivity contribution < 1.29 is 0 Å². The molecule has 1 aromatic rings. The largest absolute Gasteiger partial charge is 0.381 e. The number of aryl methyl sites for hydroxylation is 1. The lowest BCUT2D eigenvalue weighted by atomic mass is 9.69. The van der Waals surface area contributed by atoms with Crippen LogP contribution in [-0.4, -0.2) is 10.6 Å². The summed E-state index contributed by atoms with van der Waals surface area (Å²) in [6.07, 6.45) is 6.93. The molecule has 0 spiro atoms. The highest BCUT2D eigenvalue weighted by atomic mass is 16.1. The molecule has 0 amide bonds. The van der Waals surface area contributed by atoms with E-state index in [9.17, 15) is 4.79 Å². The van der Waals surface area contributed by atoms with Crippen molar-refractivity contribution in [2.75, 3.05) is 5.32 Å². The number of nitrogens with one attached hydrogen (secondary N) is 1. The average molecular weight is 288 g/mol. The Kier molecular flexibility index (Phi) is 3.42. The Morgan fingerprint density at radius 3 is 2.67 bits per heavy atom. The Labute approximate surface area is 127 Å². The number of rotatable bonds is 4. The number of aromatic nitrogens is 1. The first-order valence-electron chi connectivity index (χ1n) is 8.35. The lowest BCUT2D eigenvalue weighted by Crippen LogP contribution is -2.40. The lowest BCUT2D eigenvalue weighted by Gasteiger charge is -2.40. The Morgan fingerprint density at radius 1 is 1.33 bits per heavy atom. The summed E-state index contributed by atoms with van der Waals surface area (Å²) in [5.74, 6) is 0.835. The van der Waals surface area contributed by atoms with Gasteiger partial charge in [-0.1, -0.05) is 27.7 Å². The summed E-state index contributed by atoms with van der Waals surface area (Å²) in [4.78, 5) is 11.8. The van der Waals surface area contributed by atoms with Gasteiger partial charge in [0.15, 0.2) is 0 Å². The van der Waals surface area contributed by atoms with Gasteiger partial charge in [-0.05, 0) is 48.5 Å². The summed E-state index contributed by atoms with van der Waals surface area (Å²) >= 11 is 0. The van der Waals surface area contributed by atoms with Gasteiger partial charge < -0.3 is 9.88 Å². The normalized spacial score (nSPS) is 33.3. The van der Waals surface area contributed by atoms with E-state index in [2.05, 4.69) is 33.0 Å². The molecule has 1 N–H and O–H groups in total. The molecule has 3 heteroatoms. The van der Waals surface area contributed by atoms with E-state index in [0.29, 0.717) is 16.9 Å². The zero-order valence-corrected chi connectivity index (χ0v) is 13.8. The van der Waals surface area contributed by atoms with Gasteiger partial charge >= 0.3 is 0 Å². The van der Waals surface area contributed by atoms with Crippen LogP contribution in [0.1, 0.15) is 53.4 Å². The van der Waals surface area contributed by atoms with Crippen LogP contribution in [0.3, 0.4) is 0 Å². The minimum absolute atomic E-state index is 0.0990. The molecule has 2 bridgehead atoms. The summed E-state index contributed by atoms with van der Waals surface area (Å²) in [6, 6.07) is 4.16. The highest BCUT2D eigenvalue weighted by molar-refractivity contribution is 5.43. The van der Waals surface area contributed by atoms with Crippen molar-refractivity contribution in [2.45, 2.75) is 66.0 Å². The van der Waals surface area contributed by atoms with Crippen LogP contribution in [0.25, 0.3) is 0 Å². The summed E-state index contributed by atoms with van der Waals surface area (Å²) in [5, 5.41) is 3.73. The molecule has 3 atom stereocenters. The van der Waals surface area contributed by atoms with Gasteiger partial charge in [-0.3, -0.25) is 4.79 Å². The number of hydrogen-bond donors (Lipinski definition) is 1. The molecule has 1 aromatic heterocycles. The van der Waals surface area contributed by atoms with Crippen molar-refractivity contribution in [3.63, 3.8) is 0 Å². The third kappa shape index (κ3) is 2.13. The molecule has 3 unspecified atom stereocenters. The number of fused-ring (bicyclic) bond motifs is 2. The van der Waals surface area contributed by atoms with Crippen molar-refractivity contribution in [1.29, 1.82) is 0 Å². The first-order chi connectivity index (χ1) is 9.88.